The average molecular weight is 249 g/mol. The average Bonchev–Trinajstić information content (AvgIpc) is 2.44. The van der Waals surface area contributed by atoms with Gasteiger partial charge in [0, 0.05) is 25.7 Å². The van der Waals surface area contributed by atoms with Crippen LogP contribution in [0.25, 0.3) is 0 Å². The van der Waals surface area contributed by atoms with Crippen LogP contribution in [0.2, 0.25) is 0 Å². The maximum atomic E-state index is 5.77. The highest BCUT2D eigenvalue weighted by atomic mass is 35.5. The summed E-state index contributed by atoms with van der Waals surface area (Å²) in [4.78, 5) is 2.40. The number of nitrogens with two attached hydrogens (primary N) is 1. The fourth-order valence-electron chi connectivity index (χ4n) is 1.94. The van der Waals surface area contributed by atoms with Gasteiger partial charge in [0.25, 0.3) is 0 Å². The summed E-state index contributed by atoms with van der Waals surface area (Å²) in [5, 5.41) is 0. The fourth-order valence-corrected chi connectivity index (χ4v) is 1.94. The van der Waals surface area contributed by atoms with E-state index in [2.05, 4.69) is 36.1 Å². The lowest BCUT2D eigenvalue weighted by atomic mass is 10.1. The molecule has 0 spiro atoms. The molecule has 4 heteroatoms. The molecule has 2 rings (SSSR count). The van der Waals surface area contributed by atoms with Crippen LogP contribution in [-0.2, 0) is 13.1 Å². The zero-order valence-electron chi connectivity index (χ0n) is 8.85. The molecule has 1 atom stereocenters. The first-order valence-corrected chi connectivity index (χ1v) is 4.80. The minimum atomic E-state index is 0. The fraction of sp³-hybridized carbons (Fsp3) is 0.455. The Morgan fingerprint density at radius 1 is 1.20 bits per heavy atom. The Hall–Kier alpha value is -0.280. The molecule has 86 valence electrons. The quantitative estimate of drug-likeness (QED) is 0.870. The predicted molar refractivity (Wildman–Crippen MR) is 68.7 cm³/mol. The van der Waals surface area contributed by atoms with Crippen molar-refractivity contribution in [2.45, 2.75) is 26.1 Å². The molecule has 0 bridgehead atoms. The van der Waals surface area contributed by atoms with Crippen LogP contribution in [0.1, 0.15) is 18.1 Å². The summed E-state index contributed by atoms with van der Waals surface area (Å²) in [6.45, 7) is 5.19. The van der Waals surface area contributed by atoms with Crippen LogP contribution in [0.4, 0.5) is 0 Å². The minimum absolute atomic E-state index is 0. The number of benzene rings is 1. The molecule has 1 aromatic carbocycles. The predicted octanol–water partition coefficient (Wildman–Crippen LogP) is 2.19. The van der Waals surface area contributed by atoms with E-state index in [9.17, 15) is 0 Å². The van der Waals surface area contributed by atoms with Gasteiger partial charge < -0.3 is 5.73 Å². The largest absolute Gasteiger partial charge is 0.327 e. The summed E-state index contributed by atoms with van der Waals surface area (Å²) in [6.07, 6.45) is 0. The molecule has 0 amide bonds. The van der Waals surface area contributed by atoms with E-state index >= 15 is 0 Å². The van der Waals surface area contributed by atoms with Crippen molar-refractivity contribution in [1.82, 2.24) is 4.90 Å². The first kappa shape index (κ1) is 14.7. The molecule has 0 fully saturated rings. The van der Waals surface area contributed by atoms with Crippen molar-refractivity contribution in [3.63, 3.8) is 0 Å². The highest BCUT2D eigenvalue weighted by molar-refractivity contribution is 5.85. The topological polar surface area (TPSA) is 29.3 Å². The van der Waals surface area contributed by atoms with E-state index in [1.165, 1.54) is 11.1 Å². The van der Waals surface area contributed by atoms with Gasteiger partial charge in [-0.3, -0.25) is 4.90 Å². The minimum Gasteiger partial charge on any atom is -0.327 e. The van der Waals surface area contributed by atoms with Crippen LogP contribution in [0, 0.1) is 0 Å². The molecule has 1 aromatic rings. The Kier molecular flexibility index (Phi) is 6.22. The molecule has 0 saturated heterocycles. The lowest BCUT2D eigenvalue weighted by Crippen LogP contribution is -2.31. The Morgan fingerprint density at radius 2 is 1.67 bits per heavy atom. The van der Waals surface area contributed by atoms with Gasteiger partial charge in [-0.05, 0) is 18.1 Å². The second-order valence-corrected chi connectivity index (χ2v) is 3.92. The van der Waals surface area contributed by atoms with Gasteiger partial charge in [-0.15, -0.1) is 24.8 Å². The molecule has 0 unspecified atom stereocenters. The van der Waals surface area contributed by atoms with Crippen molar-refractivity contribution in [1.29, 1.82) is 0 Å². The summed E-state index contributed by atoms with van der Waals surface area (Å²) in [5.74, 6) is 0. The lowest BCUT2D eigenvalue weighted by molar-refractivity contribution is 0.270. The third-order valence-electron chi connectivity index (χ3n) is 2.45. The van der Waals surface area contributed by atoms with Crippen molar-refractivity contribution >= 4 is 24.8 Å². The maximum absolute atomic E-state index is 5.77. The summed E-state index contributed by atoms with van der Waals surface area (Å²) >= 11 is 0. The lowest BCUT2D eigenvalue weighted by Gasteiger charge is -2.16. The molecule has 0 saturated carbocycles. The zero-order chi connectivity index (χ0) is 9.26. The van der Waals surface area contributed by atoms with Crippen molar-refractivity contribution < 1.29 is 0 Å². The van der Waals surface area contributed by atoms with Crippen LogP contribution in [0.3, 0.4) is 0 Å². The van der Waals surface area contributed by atoms with Gasteiger partial charge >= 0.3 is 0 Å². The van der Waals surface area contributed by atoms with Crippen LogP contribution in [0.5, 0.6) is 0 Å². The molecule has 0 aromatic heterocycles. The Bertz CT molecular complexity index is 277. The highest BCUT2D eigenvalue weighted by Gasteiger charge is 2.18. The number of halogens is 2. The van der Waals surface area contributed by atoms with Crippen LogP contribution in [-0.4, -0.2) is 17.5 Å². The number of hydrogen-bond donors (Lipinski definition) is 1. The molecule has 1 aliphatic heterocycles. The smallest absolute Gasteiger partial charge is 0.0241 e. The van der Waals surface area contributed by atoms with E-state index in [-0.39, 0.29) is 30.9 Å². The van der Waals surface area contributed by atoms with E-state index in [1.54, 1.807) is 0 Å². The number of fused-ring (bicyclic) bond motifs is 1. The molecule has 15 heavy (non-hydrogen) atoms. The van der Waals surface area contributed by atoms with Crippen LogP contribution in [0.15, 0.2) is 24.3 Å². The molecule has 1 heterocycles. The van der Waals surface area contributed by atoms with Crippen LogP contribution < -0.4 is 5.73 Å². The standard InChI is InChI=1S/C11H16N2.2ClH/c1-9(12)6-13-7-10-4-2-3-5-11(10)8-13;;/h2-5,9H,6-8,12H2,1H3;2*1H/t9-;;/m1../s1. The first-order valence-electron chi connectivity index (χ1n) is 4.80. The van der Waals surface area contributed by atoms with Gasteiger partial charge in [0.2, 0.25) is 0 Å². The maximum Gasteiger partial charge on any atom is 0.0241 e. The number of nitrogens with zero attached hydrogens (tertiary/aromatic N) is 1. The SMILES string of the molecule is C[C@@H](N)CN1Cc2ccccc2C1.Cl.Cl. The van der Waals surface area contributed by atoms with Gasteiger partial charge in [0.15, 0.2) is 0 Å². The molecule has 2 N–H and O–H groups in total. The molecular weight excluding hydrogens is 231 g/mol. The van der Waals surface area contributed by atoms with Gasteiger partial charge in [-0.25, -0.2) is 0 Å². The third-order valence-corrected chi connectivity index (χ3v) is 2.45. The third kappa shape index (κ3) is 3.65. The van der Waals surface area contributed by atoms with E-state index in [1.807, 2.05) is 0 Å². The van der Waals surface area contributed by atoms with Gasteiger partial charge in [0.1, 0.15) is 0 Å². The molecule has 2 nitrogen and oxygen atoms in total. The zero-order valence-corrected chi connectivity index (χ0v) is 10.5. The van der Waals surface area contributed by atoms with Crippen molar-refractivity contribution in [3.05, 3.63) is 35.4 Å². The van der Waals surface area contributed by atoms with Gasteiger partial charge in [-0.2, -0.15) is 0 Å². The second kappa shape index (κ2) is 6.33. The van der Waals surface area contributed by atoms with Crippen LogP contribution >= 0.6 is 24.8 Å². The molecule has 1 aliphatic rings. The normalized spacial score (nSPS) is 16.1. The summed E-state index contributed by atoms with van der Waals surface area (Å²) in [6, 6.07) is 8.89. The van der Waals surface area contributed by atoms with Crippen molar-refractivity contribution in [2.24, 2.45) is 5.73 Å². The number of hydrogen-bond acceptors (Lipinski definition) is 2. The van der Waals surface area contributed by atoms with E-state index in [4.69, 9.17) is 5.73 Å². The highest BCUT2D eigenvalue weighted by Crippen LogP contribution is 2.21. The Labute approximate surface area is 104 Å². The summed E-state index contributed by atoms with van der Waals surface area (Å²) < 4.78 is 0. The van der Waals surface area contributed by atoms with Gasteiger partial charge in [0.05, 0.1) is 0 Å². The number of rotatable bonds is 2. The molecule has 0 aliphatic carbocycles. The molecule has 0 radical (unpaired) electrons. The monoisotopic (exact) mass is 248 g/mol. The summed E-state index contributed by atoms with van der Waals surface area (Å²) in [5.41, 5.74) is 8.69. The van der Waals surface area contributed by atoms with E-state index in [0.29, 0.717) is 0 Å². The van der Waals surface area contributed by atoms with E-state index < -0.39 is 0 Å². The first-order chi connectivity index (χ1) is 6.25. The second-order valence-electron chi connectivity index (χ2n) is 3.92. The van der Waals surface area contributed by atoms with Crippen molar-refractivity contribution in [3.8, 4) is 0 Å². The molecular formula is C11H18Cl2N2. The Morgan fingerprint density at radius 3 is 2.07 bits per heavy atom. The van der Waals surface area contributed by atoms with Crippen molar-refractivity contribution in [2.75, 3.05) is 6.54 Å². The summed E-state index contributed by atoms with van der Waals surface area (Å²) in [7, 11) is 0. The van der Waals surface area contributed by atoms with Gasteiger partial charge in [-0.1, -0.05) is 24.3 Å². The van der Waals surface area contributed by atoms with E-state index in [0.717, 1.165) is 19.6 Å². The Balaban J connectivity index is 0.000000980.